The summed E-state index contributed by atoms with van der Waals surface area (Å²) in [5, 5.41) is 48.1. The van der Waals surface area contributed by atoms with Crippen molar-refractivity contribution < 1.29 is 34.7 Å². The molecule has 1 aliphatic heterocycles. The highest BCUT2D eigenvalue weighted by Crippen LogP contribution is 2.38. The number of carbonyl (C=O) groups is 1. The summed E-state index contributed by atoms with van der Waals surface area (Å²) in [5.74, 6) is -0.219. The van der Waals surface area contributed by atoms with Gasteiger partial charge in [-0.05, 0) is 89.4 Å². The van der Waals surface area contributed by atoms with Crippen LogP contribution in [0.3, 0.4) is 0 Å². The smallest absolute Gasteiger partial charge is 0.176 e. The zero-order chi connectivity index (χ0) is 38.7. The van der Waals surface area contributed by atoms with E-state index < -0.39 is 18.1 Å². The van der Waals surface area contributed by atoms with Gasteiger partial charge in [0.25, 0.3) is 0 Å². The number of Topliss-reactive ketones (excluding diaryl/α,β-unsaturated/α-hetero) is 1. The van der Waals surface area contributed by atoms with Crippen molar-refractivity contribution in [1.29, 1.82) is 0 Å². The number of ether oxygens (including phenoxy) is 2. The molecule has 0 bridgehead atoms. The minimum atomic E-state index is -0.980. The summed E-state index contributed by atoms with van der Waals surface area (Å²) in [6.45, 7) is 3.80. The van der Waals surface area contributed by atoms with Crippen LogP contribution < -0.4 is 14.8 Å². The lowest BCUT2D eigenvalue weighted by Gasteiger charge is -2.26. The van der Waals surface area contributed by atoms with Gasteiger partial charge in [0.1, 0.15) is 24.6 Å². The molecule has 0 amide bonds. The Morgan fingerprint density at radius 3 is 2.49 bits per heavy atom. The van der Waals surface area contributed by atoms with Crippen molar-refractivity contribution in [3.8, 4) is 23.0 Å². The van der Waals surface area contributed by atoms with Gasteiger partial charge in [0.05, 0.1) is 25.4 Å². The first-order valence-electron chi connectivity index (χ1n) is 18.7. The number of aromatic hydroxyl groups is 2. The first-order valence-corrected chi connectivity index (χ1v) is 18.7. The molecular formula is C45H50N3O7+. The van der Waals surface area contributed by atoms with Crippen LogP contribution in [0.1, 0.15) is 47.6 Å². The van der Waals surface area contributed by atoms with Crippen molar-refractivity contribution in [3.63, 3.8) is 0 Å². The van der Waals surface area contributed by atoms with Crippen molar-refractivity contribution >= 4 is 22.8 Å². The number of aromatic nitrogens is 1. The highest BCUT2D eigenvalue weighted by molar-refractivity contribution is 5.87. The third-order valence-electron chi connectivity index (χ3n) is 10.2. The Morgan fingerprint density at radius 2 is 1.73 bits per heavy atom. The van der Waals surface area contributed by atoms with E-state index in [2.05, 4.69) is 39.6 Å². The summed E-state index contributed by atoms with van der Waals surface area (Å²) in [5.41, 5.74) is 5.58. The fraction of sp³-hybridized carbons (Fsp3) is 0.311. The van der Waals surface area contributed by atoms with E-state index in [4.69, 9.17) is 9.47 Å². The molecule has 0 saturated heterocycles. The molecule has 2 heterocycles. The van der Waals surface area contributed by atoms with Crippen LogP contribution >= 0.6 is 0 Å². The molecule has 0 unspecified atom stereocenters. The molecule has 0 saturated carbocycles. The van der Waals surface area contributed by atoms with Crippen LogP contribution in [0, 0.1) is 18.4 Å². The van der Waals surface area contributed by atoms with E-state index in [9.17, 15) is 25.2 Å². The fourth-order valence-electron chi connectivity index (χ4n) is 7.37. The third-order valence-corrected chi connectivity index (χ3v) is 10.2. The number of rotatable bonds is 20. The summed E-state index contributed by atoms with van der Waals surface area (Å²) >= 11 is 0. The standard InChI is InChI=1S/C45H49N3O7/c1-29(49)25-48-28-55-44-21-30(10-12-40(44)50)18-36(19-31-14-16-46-26-31)42(52)24-43(53)37(20-32-15-17-47-27-32)22-35-11-13-41(51)45(54-2)39(35)23-34-8-5-7-33-6-3-4-9-38(33)34/h3-17,21,26-27,29,36-37,43,47-49,53H,18-20,22-25,28H2,1-2H3,(H-,50,51)/p+1/t29-,36-,37-,43+/m0/s1. The number of fused-ring (bicyclic) bond motifs is 1. The van der Waals surface area contributed by atoms with Gasteiger partial charge in [-0.3, -0.25) is 10.1 Å². The monoisotopic (exact) mass is 744 g/mol. The topological polar surface area (TPSA) is 157 Å². The molecule has 10 heteroatoms. The minimum absolute atomic E-state index is 0.0283. The normalized spacial score (nSPS) is 14.6. The number of nitrogens with zero attached hydrogens (tertiary/aromatic N) is 1. The van der Waals surface area contributed by atoms with E-state index in [1.165, 1.54) is 0 Å². The van der Waals surface area contributed by atoms with Crippen LogP contribution in [0.2, 0.25) is 0 Å². The lowest BCUT2D eigenvalue weighted by atomic mass is 9.81. The number of benzene rings is 4. The van der Waals surface area contributed by atoms with E-state index >= 15 is 0 Å². The van der Waals surface area contributed by atoms with E-state index in [0.29, 0.717) is 44.4 Å². The lowest BCUT2D eigenvalue weighted by molar-refractivity contribution is -0.125. The van der Waals surface area contributed by atoms with E-state index in [0.717, 1.165) is 44.2 Å². The van der Waals surface area contributed by atoms with Gasteiger partial charge in [0.2, 0.25) is 0 Å². The number of methoxy groups -OCH3 is 1. The molecule has 286 valence electrons. The van der Waals surface area contributed by atoms with E-state index in [1.807, 2.05) is 48.8 Å². The molecule has 1 aliphatic rings. The first-order chi connectivity index (χ1) is 26.7. The molecule has 0 spiro atoms. The fourth-order valence-corrected chi connectivity index (χ4v) is 7.37. The Bertz CT molecular complexity index is 2100. The Labute approximate surface area is 322 Å². The predicted octanol–water partition coefficient (Wildman–Crippen LogP) is 6.63. The number of aliphatic hydroxyl groups is 2. The molecule has 1 aromatic heterocycles. The number of aliphatic imine (C=N–C) groups is 1. The number of carbonyl (C=O) groups excluding carboxylic acids is 1. The number of ketones is 1. The van der Waals surface area contributed by atoms with Crippen LogP contribution in [0.5, 0.6) is 23.0 Å². The van der Waals surface area contributed by atoms with Gasteiger partial charge in [-0.2, -0.15) is 0 Å². The zero-order valence-corrected chi connectivity index (χ0v) is 31.3. The van der Waals surface area contributed by atoms with Gasteiger partial charge >= 0.3 is 0 Å². The predicted molar refractivity (Wildman–Crippen MR) is 215 cm³/mol. The Morgan fingerprint density at radius 1 is 0.909 bits per heavy atom. The molecule has 4 atom stereocenters. The van der Waals surface area contributed by atoms with Gasteiger partial charge in [0, 0.05) is 49.7 Å². The molecule has 0 radical (unpaired) electrons. The van der Waals surface area contributed by atoms with Gasteiger partial charge in [-0.25, -0.2) is 0 Å². The van der Waals surface area contributed by atoms with Crippen molar-refractivity contribution in [1.82, 2.24) is 10.3 Å². The molecular weight excluding hydrogens is 695 g/mol. The minimum Gasteiger partial charge on any atom is -0.504 e. The number of phenolic OH excluding ortho intramolecular Hbond substituents is 2. The van der Waals surface area contributed by atoms with Crippen molar-refractivity contribution in [2.45, 2.75) is 57.7 Å². The number of allylic oxidation sites excluding steroid dienone is 1. The molecule has 5 aromatic rings. The number of hydrogen-bond acceptors (Lipinski definition) is 9. The molecule has 10 nitrogen and oxygen atoms in total. The largest absolute Gasteiger partial charge is 0.504 e. The van der Waals surface area contributed by atoms with Crippen LogP contribution in [-0.4, -0.2) is 70.0 Å². The Balaban J connectivity index is 1.25. The summed E-state index contributed by atoms with van der Waals surface area (Å²) in [4.78, 5) is 21.6. The Kier molecular flexibility index (Phi) is 13.3. The lowest BCUT2D eigenvalue weighted by Crippen LogP contribution is -2.31. The number of aromatic amines is 1. The summed E-state index contributed by atoms with van der Waals surface area (Å²) in [7, 11) is 1.55. The second-order valence-corrected chi connectivity index (χ2v) is 14.4. The maximum absolute atomic E-state index is 14.3. The summed E-state index contributed by atoms with van der Waals surface area (Å²) in [6, 6.07) is 24.9. The molecule has 0 fully saturated rings. The Hall–Kier alpha value is -5.55. The van der Waals surface area contributed by atoms with E-state index in [-0.39, 0.29) is 42.1 Å². The number of H-pyrrole nitrogens is 1. The average Bonchev–Trinajstić information content (AvgIpc) is 3.90. The molecule has 55 heavy (non-hydrogen) atoms. The molecule has 6 rings (SSSR count). The van der Waals surface area contributed by atoms with E-state index in [1.54, 1.807) is 51.1 Å². The maximum Gasteiger partial charge on any atom is 0.176 e. The second-order valence-electron chi connectivity index (χ2n) is 14.4. The quantitative estimate of drug-likeness (QED) is 0.0295. The highest BCUT2D eigenvalue weighted by Gasteiger charge is 2.31. The number of hydrogen-bond donors (Lipinski definition) is 6. The van der Waals surface area contributed by atoms with Crippen LogP contribution in [0.15, 0.2) is 108 Å². The number of phenols is 2. The zero-order valence-electron chi connectivity index (χ0n) is 31.3. The van der Waals surface area contributed by atoms with Crippen LogP contribution in [-0.2, 0) is 30.5 Å². The van der Waals surface area contributed by atoms with Gasteiger partial charge in [0.15, 0.2) is 29.2 Å². The first kappa shape index (κ1) is 39.2. The third kappa shape index (κ3) is 10.4. The number of nitrogens with one attached hydrogen (secondary N) is 2. The van der Waals surface area contributed by atoms with Gasteiger partial charge < -0.3 is 34.9 Å². The van der Waals surface area contributed by atoms with Crippen LogP contribution in [0.25, 0.3) is 10.8 Å². The molecule has 6 N–H and O–H groups in total. The van der Waals surface area contributed by atoms with Gasteiger partial charge in [-0.1, -0.05) is 54.6 Å². The summed E-state index contributed by atoms with van der Waals surface area (Å²) in [6.07, 6.45) is 8.08. The second kappa shape index (κ2) is 18.7. The van der Waals surface area contributed by atoms with Crippen LogP contribution in [0.4, 0.5) is 0 Å². The highest BCUT2D eigenvalue weighted by atomic mass is 16.5. The van der Waals surface area contributed by atoms with Gasteiger partial charge in [-0.15, -0.1) is 4.99 Å². The van der Waals surface area contributed by atoms with Crippen molar-refractivity contribution in [2.75, 3.05) is 20.4 Å². The number of aliphatic hydroxyl groups excluding tert-OH is 2. The SMILES string of the molecule is COc1c(O)ccc(C[C@H](Cc2cc[nH]c2)[C@H](O)CC(=O)[C@H](CC2=C[CH+]N=C2)Cc2ccc(O)c(OCNC[C@H](C)O)c2)c1Cc1cccc2ccccc12. The molecule has 4 aromatic carbocycles. The van der Waals surface area contributed by atoms with Crippen molar-refractivity contribution in [3.05, 3.63) is 137 Å². The average molecular weight is 745 g/mol. The molecule has 0 aliphatic carbocycles. The maximum atomic E-state index is 14.3. The summed E-state index contributed by atoms with van der Waals surface area (Å²) < 4.78 is 11.5. The van der Waals surface area contributed by atoms with Crippen molar-refractivity contribution in [2.24, 2.45) is 16.8 Å².